The number of rotatable bonds is 2. The molecule has 0 amide bonds. The fourth-order valence-corrected chi connectivity index (χ4v) is 2.99. The first-order valence-electron chi connectivity index (χ1n) is 9.52. The fourth-order valence-electron chi connectivity index (χ4n) is 2.99. The molecule has 0 saturated heterocycles. The molecule has 9 nitrogen and oxygen atoms in total. The van der Waals surface area contributed by atoms with E-state index in [-0.39, 0.29) is 85.2 Å². The molecule has 0 fully saturated rings. The molecule has 0 aliphatic heterocycles. The zero-order valence-corrected chi connectivity index (χ0v) is 21.5. The van der Waals surface area contributed by atoms with Crippen molar-refractivity contribution in [1.82, 2.24) is 19.9 Å². The molecule has 0 unspecified atom stereocenters. The number of hydrogen-bond donors (Lipinski definition) is 0. The van der Waals surface area contributed by atoms with Crippen LogP contribution in [0.15, 0.2) is 67.4 Å². The van der Waals surface area contributed by atoms with E-state index >= 15 is 0 Å². The molecular weight excluding hydrogens is 465 g/mol. The summed E-state index contributed by atoms with van der Waals surface area (Å²) in [7, 11) is 0. The Labute approximate surface area is 243 Å². The van der Waals surface area contributed by atoms with Crippen molar-refractivity contribution in [1.29, 1.82) is 26.3 Å². The Morgan fingerprint density at radius 3 is 1.40 bits per heavy atom. The Kier molecular flexibility index (Phi) is 10.3. The van der Waals surface area contributed by atoms with Crippen LogP contribution in [0, 0.1) is 56.7 Å². The van der Waals surface area contributed by atoms with Gasteiger partial charge in [-0.25, -0.2) is 9.97 Å². The second kappa shape index (κ2) is 13.4. The third-order valence-corrected chi connectivity index (χ3v) is 4.49. The van der Waals surface area contributed by atoms with Crippen molar-refractivity contribution in [2.45, 2.75) is 0 Å². The molecule has 4 rings (SSSR count). The number of hydrogen-bond acceptors (Lipinski definition) is 9. The van der Waals surface area contributed by atoms with Crippen LogP contribution in [-0.2, 0) is 0 Å². The number of nitriles is 5. The molecule has 0 saturated carbocycles. The van der Waals surface area contributed by atoms with Crippen LogP contribution in [0.5, 0.6) is 0 Å². The van der Waals surface area contributed by atoms with Gasteiger partial charge in [0.25, 0.3) is 0 Å². The topological polar surface area (TPSA) is 171 Å². The first kappa shape index (κ1) is 26.9. The molecule has 0 aliphatic carbocycles. The third-order valence-electron chi connectivity index (χ3n) is 4.49. The molecule has 0 aliphatic rings. The number of aromatic nitrogens is 4. The summed E-state index contributed by atoms with van der Waals surface area (Å²) in [4.78, 5) is 15.4. The molecule has 0 bridgehead atoms. The average molecular weight is 477 g/mol. The van der Waals surface area contributed by atoms with E-state index in [1.165, 1.54) is 29.5 Å². The van der Waals surface area contributed by atoms with Crippen LogP contribution in [-0.4, -0.2) is 71.3 Å². The molecule has 4 aromatic heterocycles. The SMILES string of the molecule is N#Cc1cc(-c2c(C#N)c(C#N)nc(C#N)c2C#N)ccn1.[K].c1cc(-c2ccncc2)ccn1. The van der Waals surface area contributed by atoms with Gasteiger partial charge in [0.2, 0.25) is 0 Å². The predicted molar refractivity (Wildman–Crippen MR) is 124 cm³/mol. The summed E-state index contributed by atoms with van der Waals surface area (Å²) in [5.74, 6) is 0. The second-order valence-corrected chi connectivity index (χ2v) is 6.39. The first-order valence-corrected chi connectivity index (χ1v) is 9.52. The van der Waals surface area contributed by atoms with Gasteiger partial charge < -0.3 is 0 Å². The summed E-state index contributed by atoms with van der Waals surface area (Å²) < 4.78 is 0. The normalized spacial score (nSPS) is 8.77. The van der Waals surface area contributed by atoms with Gasteiger partial charge in [-0.05, 0) is 53.1 Å². The van der Waals surface area contributed by atoms with Gasteiger partial charge >= 0.3 is 0 Å². The van der Waals surface area contributed by atoms with Gasteiger partial charge in [0.15, 0.2) is 11.4 Å². The maximum Gasteiger partial charge on any atom is 0.160 e. The zero-order chi connectivity index (χ0) is 24.3. The summed E-state index contributed by atoms with van der Waals surface area (Å²) in [6.45, 7) is 0. The maximum atomic E-state index is 9.29. The van der Waals surface area contributed by atoms with Crippen molar-refractivity contribution in [3.63, 3.8) is 0 Å². The first-order chi connectivity index (χ1) is 16.7. The third kappa shape index (κ3) is 6.39. The Hall–Kier alpha value is -4.31. The van der Waals surface area contributed by atoms with E-state index in [2.05, 4.69) is 19.9 Å². The quantitative estimate of drug-likeness (QED) is 0.394. The molecule has 10 heteroatoms. The van der Waals surface area contributed by atoms with Crippen molar-refractivity contribution >= 4 is 51.4 Å². The molecule has 1 radical (unpaired) electrons. The van der Waals surface area contributed by atoms with Crippen LogP contribution in [0.3, 0.4) is 0 Å². The minimum Gasteiger partial charge on any atom is -0.265 e. The van der Waals surface area contributed by atoms with E-state index < -0.39 is 0 Å². The van der Waals surface area contributed by atoms with Gasteiger partial charge in [0, 0.05) is 87.9 Å². The Bertz CT molecular complexity index is 1460. The monoisotopic (exact) mass is 476 g/mol. The van der Waals surface area contributed by atoms with Gasteiger partial charge in [-0.15, -0.1) is 0 Å². The average Bonchev–Trinajstić information content (AvgIpc) is 2.93. The molecular formula is C25H11KN9. The van der Waals surface area contributed by atoms with Crippen molar-refractivity contribution in [2.75, 3.05) is 0 Å². The number of nitrogens with zero attached hydrogens (tertiary/aromatic N) is 9. The predicted octanol–water partition coefficient (Wildman–Crippen LogP) is 3.26. The van der Waals surface area contributed by atoms with Crippen molar-refractivity contribution in [3.8, 4) is 52.6 Å². The smallest absolute Gasteiger partial charge is 0.160 e. The Morgan fingerprint density at radius 1 is 0.543 bits per heavy atom. The van der Waals surface area contributed by atoms with Crippen LogP contribution in [0.25, 0.3) is 22.3 Å². The molecule has 157 valence electrons. The maximum absolute atomic E-state index is 9.29. The van der Waals surface area contributed by atoms with E-state index in [0.29, 0.717) is 5.56 Å². The zero-order valence-electron chi connectivity index (χ0n) is 18.4. The van der Waals surface area contributed by atoms with Crippen molar-refractivity contribution < 1.29 is 0 Å². The summed E-state index contributed by atoms with van der Waals surface area (Å²) in [6, 6.07) is 19.8. The second-order valence-electron chi connectivity index (χ2n) is 6.39. The van der Waals surface area contributed by atoms with Gasteiger partial charge in [0.05, 0.1) is 11.1 Å². The minimum atomic E-state index is -0.247. The van der Waals surface area contributed by atoms with Crippen molar-refractivity contribution in [2.24, 2.45) is 0 Å². The van der Waals surface area contributed by atoms with Crippen LogP contribution in [0.2, 0.25) is 0 Å². The Balaban J connectivity index is 0.000000280. The standard InChI is InChI=1S/C15H3N7.C10H8N2.K/c16-4-10-3-9(1-2-21-10)15-11(5-17)13(7-19)22-14(8-20)12(15)6-18;1-5-11-6-2-9(1)10-3-7-12-8-4-10;/h1-3H;1-8H;. The van der Waals surface area contributed by atoms with Crippen LogP contribution in [0.4, 0.5) is 0 Å². The molecule has 0 spiro atoms. The largest absolute Gasteiger partial charge is 0.265 e. The van der Waals surface area contributed by atoms with E-state index in [1.807, 2.05) is 42.5 Å². The van der Waals surface area contributed by atoms with Crippen LogP contribution >= 0.6 is 0 Å². The summed E-state index contributed by atoms with van der Waals surface area (Å²) in [6.07, 6.45) is 8.49. The van der Waals surface area contributed by atoms with Crippen LogP contribution in [0.1, 0.15) is 28.2 Å². The summed E-state index contributed by atoms with van der Waals surface area (Å²) in [5.41, 5.74) is 2.15. The van der Waals surface area contributed by atoms with E-state index in [1.54, 1.807) is 36.9 Å². The van der Waals surface area contributed by atoms with Gasteiger partial charge in [-0.2, -0.15) is 26.3 Å². The molecule has 0 atom stereocenters. The molecule has 0 N–H and O–H groups in total. The van der Waals surface area contributed by atoms with Gasteiger partial charge in [0.1, 0.15) is 36.0 Å². The molecule has 35 heavy (non-hydrogen) atoms. The van der Waals surface area contributed by atoms with E-state index in [9.17, 15) is 10.5 Å². The van der Waals surface area contributed by atoms with E-state index in [4.69, 9.17) is 15.8 Å². The molecule has 0 aromatic carbocycles. The Morgan fingerprint density at radius 2 is 1.00 bits per heavy atom. The van der Waals surface area contributed by atoms with E-state index in [0.717, 1.165) is 0 Å². The fraction of sp³-hybridized carbons (Fsp3) is 0. The minimum absolute atomic E-state index is 0. The summed E-state index contributed by atoms with van der Waals surface area (Å²) >= 11 is 0. The molecule has 4 aromatic rings. The molecule has 4 heterocycles. The van der Waals surface area contributed by atoms with Crippen LogP contribution < -0.4 is 0 Å². The number of pyridine rings is 4. The van der Waals surface area contributed by atoms with Gasteiger partial charge in [-0.3, -0.25) is 9.97 Å². The van der Waals surface area contributed by atoms with Crippen molar-refractivity contribution in [3.05, 3.63) is 95.6 Å². The van der Waals surface area contributed by atoms with Gasteiger partial charge in [-0.1, -0.05) is 0 Å². The summed E-state index contributed by atoms with van der Waals surface area (Å²) in [5, 5.41) is 45.6.